The van der Waals surface area contributed by atoms with Crippen molar-refractivity contribution in [3.05, 3.63) is 29.3 Å². The lowest BCUT2D eigenvalue weighted by molar-refractivity contribution is 0.250. The van der Waals surface area contributed by atoms with Crippen LogP contribution in [0, 0.1) is 19.8 Å². The minimum absolute atomic E-state index is 0.343. The van der Waals surface area contributed by atoms with E-state index in [1.54, 1.807) is 12.1 Å². The van der Waals surface area contributed by atoms with Gasteiger partial charge in [-0.1, -0.05) is 28.9 Å². The van der Waals surface area contributed by atoms with E-state index in [0.29, 0.717) is 16.1 Å². The molecule has 2 rings (SSSR count). The molecule has 118 valence electrons. The molecule has 1 aliphatic rings. The lowest BCUT2D eigenvalue weighted by atomic mass is 9.79. The Morgan fingerprint density at radius 3 is 2.38 bits per heavy atom. The van der Waals surface area contributed by atoms with Crippen molar-refractivity contribution in [2.45, 2.75) is 56.9 Å². The molecule has 0 unspecified atom stereocenters. The fourth-order valence-electron chi connectivity index (χ4n) is 2.80. The van der Waals surface area contributed by atoms with Gasteiger partial charge in [-0.25, -0.2) is 13.1 Å². The highest BCUT2D eigenvalue weighted by Crippen LogP contribution is 2.34. The van der Waals surface area contributed by atoms with E-state index in [0.717, 1.165) is 36.8 Å². The van der Waals surface area contributed by atoms with Crippen LogP contribution in [0.25, 0.3) is 0 Å². The summed E-state index contributed by atoms with van der Waals surface area (Å²) in [5, 5.41) is 0.663. The Morgan fingerprint density at radius 1 is 1.24 bits per heavy atom. The molecule has 5 heteroatoms. The van der Waals surface area contributed by atoms with Crippen LogP contribution in [0.4, 0.5) is 0 Å². The first-order valence-electron chi connectivity index (χ1n) is 7.45. The molecule has 3 nitrogen and oxygen atoms in total. The highest BCUT2D eigenvalue weighted by atomic mass is 79.9. The Hall–Kier alpha value is -0.390. The van der Waals surface area contributed by atoms with Crippen LogP contribution in [0.3, 0.4) is 0 Å². The molecular formula is C16H24BrNO2S. The number of sulfonamides is 1. The van der Waals surface area contributed by atoms with Gasteiger partial charge in [0.1, 0.15) is 0 Å². The zero-order chi connectivity index (χ0) is 15.7. The number of hydrogen-bond acceptors (Lipinski definition) is 2. The normalized spacial score (nSPS) is 26.8. The van der Waals surface area contributed by atoms with E-state index in [4.69, 9.17) is 0 Å². The summed E-state index contributed by atoms with van der Waals surface area (Å²) in [5.41, 5.74) is 1.77. The highest BCUT2D eigenvalue weighted by molar-refractivity contribution is 9.09. The van der Waals surface area contributed by atoms with Crippen molar-refractivity contribution >= 4 is 26.0 Å². The first-order valence-corrected chi connectivity index (χ1v) is 10.1. The van der Waals surface area contributed by atoms with Crippen LogP contribution in [0.5, 0.6) is 0 Å². The van der Waals surface area contributed by atoms with Crippen molar-refractivity contribution in [2.24, 2.45) is 5.92 Å². The van der Waals surface area contributed by atoms with Gasteiger partial charge in [0.05, 0.1) is 4.90 Å². The quantitative estimate of drug-likeness (QED) is 0.812. The van der Waals surface area contributed by atoms with Crippen LogP contribution in [0.2, 0.25) is 0 Å². The van der Waals surface area contributed by atoms with Gasteiger partial charge in [-0.15, -0.1) is 0 Å². The van der Waals surface area contributed by atoms with Gasteiger partial charge < -0.3 is 0 Å². The maximum Gasteiger partial charge on any atom is 0.241 e. The van der Waals surface area contributed by atoms with E-state index in [9.17, 15) is 8.42 Å². The number of hydrogen-bond donors (Lipinski definition) is 1. The summed E-state index contributed by atoms with van der Waals surface area (Å²) < 4.78 is 28.3. The zero-order valence-corrected chi connectivity index (χ0v) is 15.4. The fraction of sp³-hybridized carbons (Fsp3) is 0.625. The third-order valence-electron chi connectivity index (χ3n) is 4.63. The number of halogens is 1. The van der Waals surface area contributed by atoms with E-state index >= 15 is 0 Å². The van der Waals surface area contributed by atoms with Crippen molar-refractivity contribution in [1.82, 2.24) is 4.72 Å². The molecule has 0 saturated heterocycles. The molecule has 1 aliphatic carbocycles. The number of rotatable bonds is 4. The molecular weight excluding hydrogens is 350 g/mol. The van der Waals surface area contributed by atoms with Crippen LogP contribution in [-0.4, -0.2) is 19.3 Å². The predicted molar refractivity (Wildman–Crippen MR) is 90.4 cm³/mol. The van der Waals surface area contributed by atoms with Crippen molar-refractivity contribution < 1.29 is 8.42 Å². The molecule has 0 spiro atoms. The van der Waals surface area contributed by atoms with E-state index in [1.807, 2.05) is 19.9 Å². The SMILES string of the molecule is Cc1ccc(S(=O)(=O)NC2(CBr)CCC(C)CC2)cc1C. The molecule has 0 radical (unpaired) electrons. The first-order chi connectivity index (χ1) is 9.78. The molecule has 0 heterocycles. The average molecular weight is 374 g/mol. The highest BCUT2D eigenvalue weighted by Gasteiger charge is 2.37. The third-order valence-corrected chi connectivity index (χ3v) is 7.28. The number of aryl methyl sites for hydroxylation is 2. The molecule has 0 amide bonds. The maximum atomic E-state index is 12.7. The monoisotopic (exact) mass is 373 g/mol. The van der Waals surface area contributed by atoms with E-state index in [-0.39, 0.29) is 5.54 Å². The third kappa shape index (κ3) is 3.88. The van der Waals surface area contributed by atoms with Gasteiger partial charge in [0.15, 0.2) is 0 Å². The van der Waals surface area contributed by atoms with Crippen molar-refractivity contribution in [3.63, 3.8) is 0 Å². The summed E-state index contributed by atoms with van der Waals surface area (Å²) in [6.07, 6.45) is 3.93. The summed E-state index contributed by atoms with van der Waals surface area (Å²) in [6, 6.07) is 5.32. The average Bonchev–Trinajstić information content (AvgIpc) is 2.44. The molecule has 1 N–H and O–H groups in total. The minimum Gasteiger partial charge on any atom is -0.207 e. The fourth-order valence-corrected chi connectivity index (χ4v) is 5.23. The summed E-state index contributed by atoms with van der Waals surface area (Å²) >= 11 is 3.51. The van der Waals surface area contributed by atoms with Gasteiger partial charge in [-0.2, -0.15) is 0 Å². The lowest BCUT2D eigenvalue weighted by Gasteiger charge is -2.38. The van der Waals surface area contributed by atoms with Crippen LogP contribution in [0.1, 0.15) is 43.7 Å². The molecule has 1 aromatic carbocycles. The Morgan fingerprint density at radius 2 is 1.86 bits per heavy atom. The minimum atomic E-state index is -3.47. The van der Waals surface area contributed by atoms with Gasteiger partial charge in [-0.3, -0.25) is 0 Å². The van der Waals surface area contributed by atoms with Gasteiger partial charge >= 0.3 is 0 Å². The molecule has 0 atom stereocenters. The first kappa shape index (κ1) is 17.0. The number of nitrogens with one attached hydrogen (secondary N) is 1. The van der Waals surface area contributed by atoms with Crippen molar-refractivity contribution in [1.29, 1.82) is 0 Å². The molecule has 1 aromatic rings. The largest absolute Gasteiger partial charge is 0.241 e. The summed E-state index contributed by atoms with van der Waals surface area (Å²) in [6.45, 7) is 6.16. The number of alkyl halides is 1. The van der Waals surface area contributed by atoms with Crippen LogP contribution in [-0.2, 0) is 10.0 Å². The lowest BCUT2D eigenvalue weighted by Crippen LogP contribution is -2.51. The summed E-state index contributed by atoms with van der Waals surface area (Å²) in [7, 11) is -3.47. The summed E-state index contributed by atoms with van der Waals surface area (Å²) in [5.74, 6) is 0.684. The van der Waals surface area contributed by atoms with Gasteiger partial charge in [0.2, 0.25) is 10.0 Å². The standard InChI is InChI=1S/C16H24BrNO2S/c1-12-6-8-16(11-17,9-7-12)18-21(19,20)15-5-4-13(2)14(3)10-15/h4-5,10,12,18H,6-9,11H2,1-3H3. The smallest absolute Gasteiger partial charge is 0.207 e. The van der Waals surface area contributed by atoms with Gasteiger partial charge in [0, 0.05) is 10.9 Å². The van der Waals surface area contributed by atoms with Crippen molar-refractivity contribution in [2.75, 3.05) is 5.33 Å². The summed E-state index contributed by atoms with van der Waals surface area (Å²) in [4.78, 5) is 0.365. The Kier molecular flexibility index (Phi) is 5.16. The Labute approximate surface area is 136 Å². The second-order valence-electron chi connectivity index (χ2n) is 6.45. The van der Waals surface area contributed by atoms with Gasteiger partial charge in [-0.05, 0) is 68.7 Å². The molecule has 1 fully saturated rings. The second-order valence-corrected chi connectivity index (χ2v) is 8.69. The molecule has 0 aromatic heterocycles. The van der Waals surface area contributed by atoms with Crippen LogP contribution >= 0.6 is 15.9 Å². The van der Waals surface area contributed by atoms with Crippen LogP contribution < -0.4 is 4.72 Å². The second kappa shape index (κ2) is 6.39. The van der Waals surface area contributed by atoms with Gasteiger partial charge in [0.25, 0.3) is 0 Å². The van der Waals surface area contributed by atoms with E-state index < -0.39 is 10.0 Å². The van der Waals surface area contributed by atoms with Crippen molar-refractivity contribution in [3.8, 4) is 0 Å². The van der Waals surface area contributed by atoms with E-state index in [2.05, 4.69) is 27.6 Å². The zero-order valence-electron chi connectivity index (χ0n) is 12.9. The topological polar surface area (TPSA) is 46.2 Å². The molecule has 1 saturated carbocycles. The number of benzene rings is 1. The molecule has 0 aliphatic heterocycles. The van der Waals surface area contributed by atoms with Crippen LogP contribution in [0.15, 0.2) is 23.1 Å². The van der Waals surface area contributed by atoms with E-state index in [1.165, 1.54) is 0 Å². The molecule has 21 heavy (non-hydrogen) atoms. The molecule has 0 bridgehead atoms. The predicted octanol–water partition coefficient (Wildman–Crippen LogP) is 3.93. The maximum absolute atomic E-state index is 12.7. The Balaban J connectivity index is 2.25. The Bertz CT molecular complexity index is 605.